The molecule has 0 unspecified atom stereocenters. The topological polar surface area (TPSA) is 97.5 Å². The summed E-state index contributed by atoms with van der Waals surface area (Å²) in [6.07, 6.45) is -10.0. The highest BCUT2D eigenvalue weighted by Gasteiger charge is 2.37. The minimum Gasteiger partial charge on any atom is -0.481 e. The molecule has 0 saturated carbocycles. The molecule has 3 aromatic carbocycles. The normalized spacial score (nSPS) is 11.7. The summed E-state index contributed by atoms with van der Waals surface area (Å²) in [6.45, 7) is 0.722. The van der Waals surface area contributed by atoms with Crippen LogP contribution < -0.4 is 10.1 Å². The lowest BCUT2D eigenvalue weighted by Crippen LogP contribution is -2.18. The Bertz CT molecular complexity index is 1460. The third-order valence-corrected chi connectivity index (χ3v) is 5.46. The monoisotopic (exact) mass is 587 g/mol. The number of benzene rings is 3. The Morgan fingerprint density at radius 3 is 2.25 bits per heavy atom. The Morgan fingerprint density at radius 2 is 1.60 bits per heavy atom. The van der Waals surface area contributed by atoms with E-state index in [0.717, 1.165) is 29.8 Å². The van der Waals surface area contributed by atoms with Crippen LogP contribution in [0.15, 0.2) is 71.3 Å². The first-order valence-corrected chi connectivity index (χ1v) is 11.3. The van der Waals surface area contributed by atoms with Crippen molar-refractivity contribution in [2.75, 3.05) is 6.54 Å². The number of hydrogen-bond donors (Lipinski definition) is 2. The molecule has 0 aliphatic carbocycles. The standard InChI is InChI=1S/C26H19F6N3O4.ClH/c27-25(28,29)20-13-17(9-10-18(20)19-3-1-2-4-21(19)38-26(30,31)32)24-34-23(35-39-24)16-7-5-15(6-8-16)14-33-12-11-22(36)37;/h1-10,13,33H,11-12,14H2,(H,36,37);1H. The first-order chi connectivity index (χ1) is 18.4. The molecule has 7 nitrogen and oxygen atoms in total. The van der Waals surface area contributed by atoms with Crippen molar-refractivity contribution in [2.45, 2.75) is 25.5 Å². The van der Waals surface area contributed by atoms with Gasteiger partial charge in [-0.2, -0.15) is 18.2 Å². The summed E-state index contributed by atoms with van der Waals surface area (Å²) in [6, 6.07) is 14.4. The zero-order valence-corrected chi connectivity index (χ0v) is 21.0. The van der Waals surface area contributed by atoms with Gasteiger partial charge in [0.1, 0.15) is 5.75 Å². The van der Waals surface area contributed by atoms with Crippen LogP contribution in [0.25, 0.3) is 34.0 Å². The average Bonchev–Trinajstić information content (AvgIpc) is 3.36. The van der Waals surface area contributed by atoms with Crippen LogP contribution in [-0.2, 0) is 17.5 Å². The maximum absolute atomic E-state index is 14.0. The number of carboxylic acid groups (broad SMARTS) is 1. The van der Waals surface area contributed by atoms with Gasteiger partial charge >= 0.3 is 18.5 Å². The first-order valence-electron chi connectivity index (χ1n) is 11.3. The SMILES string of the molecule is Cl.O=C(O)CCNCc1ccc(-c2noc(-c3ccc(-c4ccccc4OC(F)(F)F)c(C(F)(F)F)c3)n2)cc1. The van der Waals surface area contributed by atoms with Crippen LogP contribution in [0.4, 0.5) is 26.3 Å². The molecule has 0 bridgehead atoms. The number of rotatable bonds is 9. The molecule has 2 N–H and O–H groups in total. The van der Waals surface area contributed by atoms with Gasteiger partial charge in [-0.1, -0.05) is 53.7 Å². The highest BCUT2D eigenvalue weighted by Crippen LogP contribution is 2.43. The van der Waals surface area contributed by atoms with Gasteiger partial charge in [-0.3, -0.25) is 4.79 Å². The number of nitrogens with zero attached hydrogens (tertiary/aromatic N) is 2. The molecule has 212 valence electrons. The van der Waals surface area contributed by atoms with Gasteiger partial charge in [0.15, 0.2) is 0 Å². The molecule has 1 aromatic heterocycles. The predicted molar refractivity (Wildman–Crippen MR) is 133 cm³/mol. The number of aromatic nitrogens is 2. The van der Waals surface area contributed by atoms with Gasteiger partial charge < -0.3 is 19.7 Å². The fourth-order valence-corrected chi connectivity index (χ4v) is 3.71. The summed E-state index contributed by atoms with van der Waals surface area (Å²) in [7, 11) is 0. The van der Waals surface area contributed by atoms with E-state index in [0.29, 0.717) is 18.7 Å². The molecule has 1 heterocycles. The number of carboxylic acids is 1. The second-order valence-electron chi connectivity index (χ2n) is 8.24. The quantitative estimate of drug-likeness (QED) is 0.161. The van der Waals surface area contributed by atoms with Crippen molar-refractivity contribution in [3.05, 3.63) is 77.9 Å². The smallest absolute Gasteiger partial charge is 0.481 e. The number of alkyl halides is 6. The summed E-state index contributed by atoms with van der Waals surface area (Å²) < 4.78 is 89.6. The Morgan fingerprint density at radius 1 is 0.925 bits per heavy atom. The van der Waals surface area contributed by atoms with Gasteiger partial charge in [0.2, 0.25) is 5.82 Å². The second-order valence-corrected chi connectivity index (χ2v) is 8.24. The largest absolute Gasteiger partial charge is 0.573 e. The van der Waals surface area contributed by atoms with E-state index in [4.69, 9.17) is 9.63 Å². The predicted octanol–water partition coefficient (Wildman–Crippen LogP) is 6.97. The van der Waals surface area contributed by atoms with Crippen LogP contribution in [-0.4, -0.2) is 34.1 Å². The van der Waals surface area contributed by atoms with Gasteiger partial charge in [0.05, 0.1) is 12.0 Å². The summed E-state index contributed by atoms with van der Waals surface area (Å²) in [5.41, 5.74) is -0.829. The van der Waals surface area contributed by atoms with Crippen LogP contribution in [0.3, 0.4) is 0 Å². The van der Waals surface area contributed by atoms with Crippen LogP contribution in [0.1, 0.15) is 17.5 Å². The maximum atomic E-state index is 14.0. The third-order valence-electron chi connectivity index (χ3n) is 5.46. The van der Waals surface area contributed by atoms with Gasteiger partial charge in [-0.25, -0.2) is 0 Å². The lowest BCUT2D eigenvalue weighted by Gasteiger charge is -2.17. The molecule has 4 aromatic rings. The minimum atomic E-state index is -5.09. The van der Waals surface area contributed by atoms with E-state index in [1.807, 2.05) is 0 Å². The highest BCUT2D eigenvalue weighted by molar-refractivity contribution is 5.85. The fraction of sp³-hybridized carbons (Fsp3) is 0.192. The van der Waals surface area contributed by atoms with Crippen molar-refractivity contribution in [1.29, 1.82) is 0 Å². The zero-order chi connectivity index (χ0) is 28.2. The molecule has 4 rings (SSSR count). The van der Waals surface area contributed by atoms with Crippen molar-refractivity contribution >= 4 is 18.4 Å². The molecule has 0 saturated heterocycles. The molecular formula is C26H20ClF6N3O4. The summed E-state index contributed by atoms with van der Waals surface area (Å²) in [4.78, 5) is 14.7. The van der Waals surface area contributed by atoms with Crippen molar-refractivity contribution in [1.82, 2.24) is 15.5 Å². The van der Waals surface area contributed by atoms with E-state index < -0.39 is 40.9 Å². The van der Waals surface area contributed by atoms with E-state index in [2.05, 4.69) is 20.2 Å². The summed E-state index contributed by atoms with van der Waals surface area (Å²) in [5.74, 6) is -1.80. The second kappa shape index (κ2) is 12.4. The molecule has 0 aliphatic heterocycles. The van der Waals surface area contributed by atoms with E-state index >= 15 is 0 Å². The van der Waals surface area contributed by atoms with Gasteiger partial charge in [0.25, 0.3) is 5.89 Å². The van der Waals surface area contributed by atoms with Crippen molar-refractivity contribution < 1.29 is 45.5 Å². The van der Waals surface area contributed by atoms with Crippen LogP contribution >= 0.6 is 12.4 Å². The van der Waals surface area contributed by atoms with E-state index in [-0.39, 0.29) is 36.1 Å². The molecule has 0 atom stereocenters. The Kier molecular flexibility index (Phi) is 9.43. The maximum Gasteiger partial charge on any atom is 0.573 e. The number of carbonyl (C=O) groups is 1. The Balaban J connectivity index is 0.00000441. The average molecular weight is 588 g/mol. The zero-order valence-electron chi connectivity index (χ0n) is 20.2. The number of halogens is 7. The lowest BCUT2D eigenvalue weighted by molar-refractivity contribution is -0.274. The summed E-state index contributed by atoms with van der Waals surface area (Å²) >= 11 is 0. The molecule has 0 aliphatic rings. The number of aliphatic carboxylic acids is 1. The number of hydrogen-bond acceptors (Lipinski definition) is 6. The summed E-state index contributed by atoms with van der Waals surface area (Å²) in [5, 5.41) is 15.5. The van der Waals surface area contributed by atoms with Crippen LogP contribution in [0.5, 0.6) is 5.75 Å². The first kappa shape index (κ1) is 30.4. The Labute approximate surface area is 229 Å². The van der Waals surface area contributed by atoms with E-state index in [1.165, 1.54) is 18.2 Å². The minimum absolute atomic E-state index is 0. The fourth-order valence-electron chi connectivity index (χ4n) is 3.71. The highest BCUT2D eigenvalue weighted by atomic mass is 35.5. The van der Waals surface area contributed by atoms with Crippen LogP contribution in [0.2, 0.25) is 0 Å². The number of para-hydroxylation sites is 1. The van der Waals surface area contributed by atoms with E-state index in [1.54, 1.807) is 24.3 Å². The Hall–Kier alpha value is -4.10. The van der Waals surface area contributed by atoms with Gasteiger partial charge in [0, 0.05) is 29.8 Å². The lowest BCUT2D eigenvalue weighted by atomic mass is 9.96. The molecule has 14 heteroatoms. The van der Waals surface area contributed by atoms with Crippen molar-refractivity contribution in [3.63, 3.8) is 0 Å². The van der Waals surface area contributed by atoms with Crippen molar-refractivity contribution in [3.8, 4) is 39.7 Å². The number of ether oxygens (including phenoxy) is 1. The molecule has 0 amide bonds. The molecular weight excluding hydrogens is 568 g/mol. The number of nitrogens with one attached hydrogen (secondary N) is 1. The van der Waals surface area contributed by atoms with Gasteiger partial charge in [-0.15, -0.1) is 25.6 Å². The van der Waals surface area contributed by atoms with Crippen LogP contribution in [0, 0.1) is 0 Å². The molecule has 40 heavy (non-hydrogen) atoms. The molecule has 0 radical (unpaired) electrons. The van der Waals surface area contributed by atoms with Crippen molar-refractivity contribution in [2.24, 2.45) is 0 Å². The van der Waals surface area contributed by atoms with E-state index in [9.17, 15) is 31.1 Å². The van der Waals surface area contributed by atoms with Gasteiger partial charge in [-0.05, 0) is 29.3 Å². The molecule has 0 fully saturated rings. The molecule has 0 spiro atoms. The third kappa shape index (κ3) is 7.73.